The van der Waals surface area contributed by atoms with E-state index in [1.807, 2.05) is 12.3 Å². The molecule has 26 heavy (non-hydrogen) atoms. The summed E-state index contributed by atoms with van der Waals surface area (Å²) in [5.41, 5.74) is 8.74. The zero-order valence-corrected chi connectivity index (χ0v) is 14.5. The van der Waals surface area contributed by atoms with Gasteiger partial charge < -0.3 is 20.7 Å². The topological polar surface area (TPSA) is 106 Å². The Morgan fingerprint density at radius 2 is 2.19 bits per heavy atom. The van der Waals surface area contributed by atoms with Gasteiger partial charge >= 0.3 is 0 Å². The summed E-state index contributed by atoms with van der Waals surface area (Å²) in [4.78, 5) is 19.7. The van der Waals surface area contributed by atoms with Gasteiger partial charge in [0.15, 0.2) is 0 Å². The number of nitrogens with two attached hydrogens (primary N) is 1. The van der Waals surface area contributed by atoms with Crippen molar-refractivity contribution in [2.45, 2.75) is 25.8 Å². The molecule has 3 aromatic rings. The summed E-state index contributed by atoms with van der Waals surface area (Å²) in [5, 5.41) is 13.5. The standard InChI is InChI=1S/C19H21N5O2/c1-11(25)21-8-12-5-14(6-12)24-9-16(13-3-2-4-15(26)7-13)17-18(20)22-10-23-19(17)24/h2-4,7,9-10,12,14,26H,5-6,8H2,1H3,(H,21,25)(H2,20,22,23)/t12-,14+. The lowest BCUT2D eigenvalue weighted by Gasteiger charge is -2.36. The van der Waals surface area contributed by atoms with E-state index in [4.69, 9.17) is 5.73 Å². The number of amides is 1. The van der Waals surface area contributed by atoms with Crippen molar-refractivity contribution in [2.75, 3.05) is 12.3 Å². The van der Waals surface area contributed by atoms with Crippen molar-refractivity contribution >= 4 is 22.8 Å². The average molecular weight is 351 g/mol. The molecule has 134 valence electrons. The summed E-state index contributed by atoms with van der Waals surface area (Å²) in [7, 11) is 0. The quantitative estimate of drug-likeness (QED) is 0.669. The Kier molecular flexibility index (Phi) is 3.99. The van der Waals surface area contributed by atoms with Crippen LogP contribution in [0.25, 0.3) is 22.2 Å². The predicted octanol–water partition coefficient (Wildman–Crippen LogP) is 2.47. The molecule has 0 unspecified atom stereocenters. The fourth-order valence-corrected chi connectivity index (χ4v) is 3.66. The lowest BCUT2D eigenvalue weighted by atomic mass is 9.80. The van der Waals surface area contributed by atoms with Gasteiger partial charge in [-0.2, -0.15) is 0 Å². The van der Waals surface area contributed by atoms with Crippen LogP contribution >= 0.6 is 0 Å². The Hall–Kier alpha value is -3.09. The number of aromatic nitrogens is 3. The smallest absolute Gasteiger partial charge is 0.216 e. The van der Waals surface area contributed by atoms with Crippen molar-refractivity contribution in [3.63, 3.8) is 0 Å². The number of nitrogens with one attached hydrogen (secondary N) is 1. The Labute approximate surface area is 150 Å². The molecular weight excluding hydrogens is 330 g/mol. The van der Waals surface area contributed by atoms with Crippen LogP contribution in [0.3, 0.4) is 0 Å². The molecule has 0 aliphatic heterocycles. The molecule has 0 saturated heterocycles. The SMILES string of the molecule is CC(=O)NC[C@H]1C[C@@H](n2cc(-c3cccc(O)c3)c3c(N)ncnc32)C1. The van der Waals surface area contributed by atoms with Crippen LogP contribution in [-0.2, 0) is 4.79 Å². The third kappa shape index (κ3) is 2.85. The molecular formula is C19H21N5O2. The van der Waals surface area contributed by atoms with Crippen LogP contribution in [0.1, 0.15) is 25.8 Å². The monoisotopic (exact) mass is 351 g/mol. The zero-order chi connectivity index (χ0) is 18.3. The van der Waals surface area contributed by atoms with E-state index in [9.17, 15) is 9.90 Å². The number of carbonyl (C=O) groups excluding carboxylic acids is 1. The first kappa shape index (κ1) is 16.4. The van der Waals surface area contributed by atoms with Crippen LogP contribution in [0.4, 0.5) is 5.82 Å². The van der Waals surface area contributed by atoms with Gasteiger partial charge in [-0.3, -0.25) is 4.79 Å². The van der Waals surface area contributed by atoms with Gasteiger partial charge in [-0.1, -0.05) is 12.1 Å². The van der Waals surface area contributed by atoms with Crippen molar-refractivity contribution in [2.24, 2.45) is 5.92 Å². The third-order valence-electron chi connectivity index (χ3n) is 5.04. The molecule has 4 N–H and O–H groups in total. The van der Waals surface area contributed by atoms with E-state index < -0.39 is 0 Å². The van der Waals surface area contributed by atoms with E-state index in [-0.39, 0.29) is 11.7 Å². The molecule has 1 amide bonds. The number of phenolic OH excluding ortho intramolecular Hbond substituents is 1. The van der Waals surface area contributed by atoms with E-state index in [2.05, 4.69) is 19.9 Å². The molecule has 1 aromatic carbocycles. The summed E-state index contributed by atoms with van der Waals surface area (Å²) in [5.74, 6) is 1.12. The molecule has 7 heteroatoms. The molecule has 1 saturated carbocycles. The highest BCUT2D eigenvalue weighted by Gasteiger charge is 2.32. The minimum atomic E-state index is 0.00606. The fourth-order valence-electron chi connectivity index (χ4n) is 3.66. The molecule has 1 aliphatic rings. The Morgan fingerprint density at radius 3 is 2.92 bits per heavy atom. The summed E-state index contributed by atoms with van der Waals surface area (Å²) in [6, 6.07) is 7.41. The molecule has 1 fully saturated rings. The minimum absolute atomic E-state index is 0.00606. The van der Waals surface area contributed by atoms with Crippen LogP contribution in [0.2, 0.25) is 0 Å². The molecule has 4 rings (SSSR count). The van der Waals surface area contributed by atoms with Crippen LogP contribution in [0, 0.1) is 5.92 Å². The fraction of sp³-hybridized carbons (Fsp3) is 0.316. The van der Waals surface area contributed by atoms with Crippen molar-refractivity contribution in [1.29, 1.82) is 0 Å². The summed E-state index contributed by atoms with van der Waals surface area (Å²) < 4.78 is 2.15. The van der Waals surface area contributed by atoms with Gasteiger partial charge in [-0.25, -0.2) is 9.97 Å². The van der Waals surface area contributed by atoms with Gasteiger partial charge in [-0.05, 0) is 36.5 Å². The summed E-state index contributed by atoms with van der Waals surface area (Å²) in [6.45, 7) is 2.25. The van der Waals surface area contributed by atoms with E-state index in [0.717, 1.165) is 35.0 Å². The Morgan fingerprint density at radius 1 is 1.38 bits per heavy atom. The Balaban J connectivity index is 1.69. The predicted molar refractivity (Wildman–Crippen MR) is 99.5 cm³/mol. The number of rotatable bonds is 4. The van der Waals surface area contributed by atoms with Crippen molar-refractivity contribution in [3.8, 4) is 16.9 Å². The lowest BCUT2D eigenvalue weighted by Crippen LogP contribution is -2.36. The maximum Gasteiger partial charge on any atom is 0.216 e. The first-order valence-corrected chi connectivity index (χ1v) is 8.67. The molecule has 0 atom stereocenters. The van der Waals surface area contributed by atoms with Crippen molar-refractivity contribution in [3.05, 3.63) is 36.8 Å². The van der Waals surface area contributed by atoms with Gasteiger partial charge in [0.2, 0.25) is 5.91 Å². The number of hydrogen-bond donors (Lipinski definition) is 3. The molecule has 2 heterocycles. The van der Waals surface area contributed by atoms with E-state index in [1.165, 1.54) is 13.3 Å². The van der Waals surface area contributed by atoms with Crippen LogP contribution in [-0.4, -0.2) is 32.1 Å². The molecule has 2 aromatic heterocycles. The van der Waals surface area contributed by atoms with Gasteiger partial charge in [0.25, 0.3) is 0 Å². The van der Waals surface area contributed by atoms with Crippen LogP contribution < -0.4 is 11.1 Å². The first-order valence-electron chi connectivity index (χ1n) is 8.67. The van der Waals surface area contributed by atoms with Crippen molar-refractivity contribution < 1.29 is 9.90 Å². The minimum Gasteiger partial charge on any atom is -0.508 e. The van der Waals surface area contributed by atoms with Gasteiger partial charge in [0, 0.05) is 31.3 Å². The second-order valence-corrected chi connectivity index (χ2v) is 6.89. The highest BCUT2D eigenvalue weighted by molar-refractivity contribution is 6.00. The number of carbonyl (C=O) groups is 1. The largest absolute Gasteiger partial charge is 0.508 e. The number of phenols is 1. The molecule has 0 radical (unpaired) electrons. The van der Waals surface area contributed by atoms with Crippen LogP contribution in [0.5, 0.6) is 5.75 Å². The van der Waals surface area contributed by atoms with Gasteiger partial charge in [-0.15, -0.1) is 0 Å². The highest BCUT2D eigenvalue weighted by Crippen LogP contribution is 2.42. The first-order chi connectivity index (χ1) is 12.5. The molecule has 1 aliphatic carbocycles. The number of hydrogen-bond acceptors (Lipinski definition) is 5. The zero-order valence-electron chi connectivity index (χ0n) is 14.5. The van der Waals surface area contributed by atoms with Crippen LogP contribution in [0.15, 0.2) is 36.8 Å². The Bertz CT molecular complexity index is 975. The highest BCUT2D eigenvalue weighted by atomic mass is 16.3. The maximum absolute atomic E-state index is 11.1. The maximum atomic E-state index is 11.1. The number of nitrogen functional groups attached to an aromatic ring is 1. The summed E-state index contributed by atoms with van der Waals surface area (Å²) >= 11 is 0. The number of fused-ring (bicyclic) bond motifs is 1. The number of aromatic hydroxyl groups is 1. The number of benzene rings is 1. The molecule has 7 nitrogen and oxygen atoms in total. The number of anilines is 1. The average Bonchev–Trinajstić information content (AvgIpc) is 2.94. The van der Waals surface area contributed by atoms with Gasteiger partial charge in [0.05, 0.1) is 5.39 Å². The third-order valence-corrected chi connectivity index (χ3v) is 5.04. The lowest BCUT2D eigenvalue weighted by molar-refractivity contribution is -0.119. The number of nitrogens with zero attached hydrogens (tertiary/aromatic N) is 3. The van der Waals surface area contributed by atoms with E-state index in [0.29, 0.717) is 24.3 Å². The second kappa shape index (κ2) is 6.33. The van der Waals surface area contributed by atoms with Crippen molar-refractivity contribution in [1.82, 2.24) is 19.9 Å². The molecule has 0 spiro atoms. The summed E-state index contributed by atoms with van der Waals surface area (Å²) in [6.07, 6.45) is 5.48. The van der Waals surface area contributed by atoms with E-state index >= 15 is 0 Å². The molecule has 0 bridgehead atoms. The normalized spacial score (nSPS) is 19.3. The second-order valence-electron chi connectivity index (χ2n) is 6.89. The van der Waals surface area contributed by atoms with E-state index in [1.54, 1.807) is 18.2 Å². The van der Waals surface area contributed by atoms with Gasteiger partial charge in [0.1, 0.15) is 23.5 Å².